The monoisotopic (exact) mass is 346 g/mol. The highest BCUT2D eigenvalue weighted by atomic mass is 35.5. The minimum absolute atomic E-state index is 0.0416. The maximum atomic E-state index is 12.3. The Bertz CT molecular complexity index is 844. The summed E-state index contributed by atoms with van der Waals surface area (Å²) in [6.07, 6.45) is 4.75. The smallest absolute Gasteiger partial charge is 0.277 e. The van der Waals surface area contributed by atoms with Crippen molar-refractivity contribution in [3.05, 3.63) is 53.0 Å². The molecule has 0 atom stereocenters. The number of anilines is 1. The van der Waals surface area contributed by atoms with Crippen LogP contribution in [0.1, 0.15) is 5.56 Å². The quantitative estimate of drug-likeness (QED) is 0.801. The van der Waals surface area contributed by atoms with Crippen LogP contribution in [-0.2, 0) is 9.59 Å². The van der Waals surface area contributed by atoms with Gasteiger partial charge < -0.3 is 10.4 Å². The van der Waals surface area contributed by atoms with Crippen molar-refractivity contribution in [2.75, 3.05) is 18.5 Å². The number of carbonyl (C=O) groups excluding carboxylic acids is 2. The van der Waals surface area contributed by atoms with E-state index in [1.165, 1.54) is 6.08 Å². The number of aliphatic hydroxyl groups is 1. The van der Waals surface area contributed by atoms with Gasteiger partial charge >= 0.3 is 0 Å². The Morgan fingerprint density at radius 3 is 2.79 bits per heavy atom. The molecule has 0 saturated heterocycles. The number of aryl methyl sites for hydroxylation is 1. The van der Waals surface area contributed by atoms with Crippen molar-refractivity contribution < 1.29 is 14.7 Å². The van der Waals surface area contributed by atoms with Crippen molar-refractivity contribution in [1.82, 2.24) is 14.7 Å². The number of hydrogen-bond donors (Lipinski definition) is 2. The van der Waals surface area contributed by atoms with E-state index in [2.05, 4.69) is 10.4 Å². The second kappa shape index (κ2) is 6.46. The standard InChI is InChI=1S/C16H15ClN4O3/c1-10-8-18-21(9-10)14-3-2-11(17)6-12(14)19-13-7-15(23)20(4-5-22)16(13)24/h2-3,6-9,19,22H,4-5H2,1H3. The molecule has 2 aromatic rings. The zero-order chi connectivity index (χ0) is 17.3. The van der Waals surface area contributed by atoms with Crippen LogP contribution < -0.4 is 5.32 Å². The summed E-state index contributed by atoms with van der Waals surface area (Å²) < 4.78 is 1.65. The van der Waals surface area contributed by atoms with Crippen LogP contribution in [0.3, 0.4) is 0 Å². The topological polar surface area (TPSA) is 87.5 Å². The zero-order valence-electron chi connectivity index (χ0n) is 12.9. The lowest BCUT2D eigenvalue weighted by Gasteiger charge is -2.15. The summed E-state index contributed by atoms with van der Waals surface area (Å²) in [6.45, 7) is 1.59. The van der Waals surface area contributed by atoms with Crippen LogP contribution in [0.4, 0.5) is 5.69 Å². The van der Waals surface area contributed by atoms with Gasteiger partial charge in [0, 0.05) is 17.3 Å². The number of carbonyl (C=O) groups is 2. The van der Waals surface area contributed by atoms with Crippen LogP contribution in [-0.4, -0.2) is 44.8 Å². The second-order valence-corrected chi connectivity index (χ2v) is 5.76. The van der Waals surface area contributed by atoms with Crippen LogP contribution in [0, 0.1) is 6.92 Å². The average molecular weight is 347 g/mol. The van der Waals surface area contributed by atoms with E-state index in [-0.39, 0.29) is 18.8 Å². The van der Waals surface area contributed by atoms with Gasteiger partial charge in [-0.05, 0) is 30.7 Å². The van der Waals surface area contributed by atoms with Gasteiger partial charge in [0.2, 0.25) is 0 Å². The Labute approximate surface area is 143 Å². The lowest BCUT2D eigenvalue weighted by molar-refractivity contribution is -0.137. The summed E-state index contributed by atoms with van der Waals surface area (Å²) in [5, 5.41) is 16.6. The van der Waals surface area contributed by atoms with Gasteiger partial charge in [0.05, 0.1) is 30.7 Å². The van der Waals surface area contributed by atoms with Crippen LogP contribution in [0.2, 0.25) is 5.02 Å². The van der Waals surface area contributed by atoms with Crippen molar-refractivity contribution in [2.24, 2.45) is 0 Å². The van der Waals surface area contributed by atoms with Gasteiger partial charge in [-0.15, -0.1) is 0 Å². The molecular formula is C16H15ClN4O3. The number of benzene rings is 1. The molecule has 0 saturated carbocycles. The molecule has 1 aromatic heterocycles. The molecule has 24 heavy (non-hydrogen) atoms. The van der Waals surface area contributed by atoms with E-state index in [1.54, 1.807) is 29.1 Å². The zero-order valence-corrected chi connectivity index (χ0v) is 13.6. The first-order chi connectivity index (χ1) is 11.5. The largest absolute Gasteiger partial charge is 0.395 e. The number of nitrogens with one attached hydrogen (secondary N) is 1. The number of nitrogens with zero attached hydrogens (tertiary/aromatic N) is 3. The Hall–Kier alpha value is -2.64. The molecule has 1 aromatic carbocycles. The van der Waals surface area contributed by atoms with E-state index in [0.29, 0.717) is 16.4 Å². The molecule has 0 bridgehead atoms. The number of rotatable bonds is 5. The number of aliphatic hydroxyl groups excluding tert-OH is 1. The molecule has 0 fully saturated rings. The van der Waals surface area contributed by atoms with Crippen LogP contribution in [0.15, 0.2) is 42.4 Å². The van der Waals surface area contributed by atoms with Crippen molar-refractivity contribution in [1.29, 1.82) is 0 Å². The first-order valence-electron chi connectivity index (χ1n) is 7.26. The van der Waals surface area contributed by atoms with Gasteiger partial charge in [-0.1, -0.05) is 11.6 Å². The molecule has 1 aliphatic rings. The van der Waals surface area contributed by atoms with E-state index in [0.717, 1.165) is 10.5 Å². The van der Waals surface area contributed by atoms with Crippen molar-refractivity contribution >= 4 is 29.1 Å². The van der Waals surface area contributed by atoms with E-state index in [9.17, 15) is 9.59 Å². The minimum atomic E-state index is -0.489. The summed E-state index contributed by atoms with van der Waals surface area (Å²) in [4.78, 5) is 25.1. The SMILES string of the molecule is Cc1cnn(-c2ccc(Cl)cc2NC2=CC(=O)N(CCO)C2=O)c1. The first-order valence-corrected chi connectivity index (χ1v) is 7.64. The van der Waals surface area contributed by atoms with Crippen LogP contribution >= 0.6 is 11.6 Å². The fourth-order valence-corrected chi connectivity index (χ4v) is 2.58. The molecule has 3 rings (SSSR count). The average Bonchev–Trinajstić information content (AvgIpc) is 3.07. The molecule has 1 aliphatic heterocycles. The molecular weight excluding hydrogens is 332 g/mol. The molecule has 2 heterocycles. The number of aromatic nitrogens is 2. The van der Waals surface area contributed by atoms with Gasteiger partial charge in [0.1, 0.15) is 5.70 Å². The van der Waals surface area contributed by atoms with E-state index < -0.39 is 11.8 Å². The summed E-state index contributed by atoms with van der Waals surface area (Å²) in [7, 11) is 0. The molecule has 2 amide bonds. The highest BCUT2D eigenvalue weighted by Crippen LogP contribution is 2.27. The summed E-state index contributed by atoms with van der Waals surface area (Å²) >= 11 is 6.05. The molecule has 7 nitrogen and oxygen atoms in total. The lowest BCUT2D eigenvalue weighted by atomic mass is 10.2. The maximum absolute atomic E-state index is 12.3. The van der Waals surface area contributed by atoms with Gasteiger partial charge in [-0.2, -0.15) is 5.10 Å². The molecule has 0 aliphatic carbocycles. The molecule has 0 spiro atoms. The Kier molecular flexibility index (Phi) is 4.37. The molecule has 0 unspecified atom stereocenters. The first kappa shape index (κ1) is 16.2. The summed E-state index contributed by atoms with van der Waals surface area (Å²) in [6, 6.07) is 5.14. The van der Waals surface area contributed by atoms with Gasteiger partial charge in [0.25, 0.3) is 11.8 Å². The Balaban J connectivity index is 1.93. The van der Waals surface area contributed by atoms with Crippen molar-refractivity contribution in [2.45, 2.75) is 6.92 Å². The van der Waals surface area contributed by atoms with Gasteiger partial charge in [-0.3, -0.25) is 14.5 Å². The van der Waals surface area contributed by atoms with Crippen LogP contribution in [0.5, 0.6) is 0 Å². The van der Waals surface area contributed by atoms with Gasteiger partial charge in [0.15, 0.2) is 0 Å². The fraction of sp³-hybridized carbons (Fsp3) is 0.188. The predicted octanol–water partition coefficient (Wildman–Crippen LogP) is 1.49. The number of amides is 2. The number of hydrogen-bond acceptors (Lipinski definition) is 5. The Morgan fingerprint density at radius 2 is 2.12 bits per heavy atom. The Morgan fingerprint density at radius 1 is 1.33 bits per heavy atom. The number of β-amino-alcohol motifs (C(OH)–C–C–N with tert-alkyl or cyclic N) is 1. The van der Waals surface area contributed by atoms with Crippen LogP contribution in [0.25, 0.3) is 5.69 Å². The highest BCUT2D eigenvalue weighted by molar-refractivity contribution is 6.31. The van der Waals surface area contributed by atoms with Crippen molar-refractivity contribution in [3.8, 4) is 5.69 Å². The third kappa shape index (κ3) is 3.04. The highest BCUT2D eigenvalue weighted by Gasteiger charge is 2.31. The normalized spacial score (nSPS) is 14.3. The fourth-order valence-electron chi connectivity index (χ4n) is 2.41. The molecule has 124 valence electrons. The van der Waals surface area contributed by atoms with E-state index in [4.69, 9.17) is 16.7 Å². The summed E-state index contributed by atoms with van der Waals surface area (Å²) in [5.74, 6) is -0.952. The third-order valence-corrected chi connectivity index (χ3v) is 3.75. The lowest BCUT2D eigenvalue weighted by Crippen LogP contribution is -2.34. The van der Waals surface area contributed by atoms with E-state index >= 15 is 0 Å². The molecule has 2 N–H and O–H groups in total. The second-order valence-electron chi connectivity index (χ2n) is 5.33. The van der Waals surface area contributed by atoms with E-state index in [1.807, 2.05) is 13.1 Å². The molecule has 0 radical (unpaired) electrons. The predicted molar refractivity (Wildman–Crippen MR) is 88.8 cm³/mol. The third-order valence-electron chi connectivity index (χ3n) is 3.52. The number of halogens is 1. The minimum Gasteiger partial charge on any atom is -0.395 e. The summed E-state index contributed by atoms with van der Waals surface area (Å²) in [5.41, 5.74) is 2.34. The molecule has 8 heteroatoms. The van der Waals surface area contributed by atoms with Gasteiger partial charge in [-0.25, -0.2) is 4.68 Å². The maximum Gasteiger partial charge on any atom is 0.277 e. The number of imide groups is 1. The van der Waals surface area contributed by atoms with Crippen molar-refractivity contribution in [3.63, 3.8) is 0 Å².